The Hall–Kier alpha value is -1.55. The molecular formula is C11H15N2O2+. The monoisotopic (exact) mass is 207 g/mol. The van der Waals surface area contributed by atoms with E-state index in [4.69, 9.17) is 4.74 Å². The van der Waals surface area contributed by atoms with Crippen molar-refractivity contribution in [3.63, 3.8) is 0 Å². The van der Waals surface area contributed by atoms with E-state index in [1.165, 1.54) is 0 Å². The van der Waals surface area contributed by atoms with Crippen molar-refractivity contribution >= 4 is 11.6 Å². The van der Waals surface area contributed by atoms with Crippen molar-refractivity contribution in [1.29, 1.82) is 0 Å². The zero-order chi connectivity index (χ0) is 10.7. The third-order valence-electron chi connectivity index (χ3n) is 2.55. The summed E-state index contributed by atoms with van der Waals surface area (Å²) in [5.74, 6) is 0.901. The number of piperazine rings is 1. The number of carbonyl (C=O) groups excluding carboxylic acids is 1. The zero-order valence-electron chi connectivity index (χ0n) is 8.77. The Morgan fingerprint density at radius 3 is 2.93 bits per heavy atom. The maximum atomic E-state index is 11.7. The van der Waals surface area contributed by atoms with Gasteiger partial charge in [0.1, 0.15) is 5.75 Å². The van der Waals surface area contributed by atoms with Crippen molar-refractivity contribution in [2.75, 3.05) is 31.6 Å². The first-order chi connectivity index (χ1) is 7.33. The molecule has 0 radical (unpaired) electrons. The fraction of sp³-hybridized carbons (Fsp3) is 0.364. The van der Waals surface area contributed by atoms with Crippen LogP contribution in [0.5, 0.6) is 5.75 Å². The van der Waals surface area contributed by atoms with E-state index in [1.54, 1.807) is 12.0 Å². The average molecular weight is 207 g/mol. The van der Waals surface area contributed by atoms with Gasteiger partial charge < -0.3 is 10.1 Å². The summed E-state index contributed by atoms with van der Waals surface area (Å²) in [5, 5.41) is 2.02. The van der Waals surface area contributed by atoms with Crippen LogP contribution in [0.1, 0.15) is 0 Å². The van der Waals surface area contributed by atoms with Crippen molar-refractivity contribution in [3.05, 3.63) is 24.3 Å². The molecule has 1 amide bonds. The van der Waals surface area contributed by atoms with Gasteiger partial charge >= 0.3 is 0 Å². The summed E-state index contributed by atoms with van der Waals surface area (Å²) in [5.41, 5.74) is 0.873. The van der Waals surface area contributed by atoms with Crippen LogP contribution in [0, 0.1) is 0 Å². The third-order valence-corrected chi connectivity index (χ3v) is 2.55. The van der Waals surface area contributed by atoms with Crippen LogP contribution in [0.4, 0.5) is 5.69 Å². The van der Waals surface area contributed by atoms with E-state index in [-0.39, 0.29) is 5.91 Å². The molecule has 4 nitrogen and oxygen atoms in total. The van der Waals surface area contributed by atoms with Gasteiger partial charge in [0.2, 0.25) is 0 Å². The molecule has 80 valence electrons. The number of rotatable bonds is 2. The minimum atomic E-state index is 0.144. The summed E-state index contributed by atoms with van der Waals surface area (Å²) in [6, 6.07) is 7.62. The number of benzene rings is 1. The fourth-order valence-corrected chi connectivity index (χ4v) is 1.79. The molecule has 15 heavy (non-hydrogen) atoms. The van der Waals surface area contributed by atoms with Crippen molar-refractivity contribution in [3.8, 4) is 5.75 Å². The van der Waals surface area contributed by atoms with Crippen molar-refractivity contribution in [2.24, 2.45) is 0 Å². The second-order valence-electron chi connectivity index (χ2n) is 3.50. The minimum Gasteiger partial charge on any atom is -0.495 e. The molecule has 0 bridgehead atoms. The molecule has 4 heteroatoms. The highest BCUT2D eigenvalue weighted by atomic mass is 16.5. The molecule has 1 fully saturated rings. The van der Waals surface area contributed by atoms with E-state index >= 15 is 0 Å². The first-order valence-electron chi connectivity index (χ1n) is 5.08. The lowest BCUT2D eigenvalue weighted by Crippen LogP contribution is -2.91. The first kappa shape index (κ1) is 9.98. The summed E-state index contributed by atoms with van der Waals surface area (Å²) in [7, 11) is 1.62. The molecule has 0 saturated carbocycles. The summed E-state index contributed by atoms with van der Waals surface area (Å²) in [6.45, 7) is 2.22. The molecule has 1 aromatic rings. The van der Waals surface area contributed by atoms with Gasteiger partial charge in [-0.25, -0.2) is 0 Å². The fourth-order valence-electron chi connectivity index (χ4n) is 1.79. The predicted molar refractivity (Wildman–Crippen MR) is 57.0 cm³/mol. The van der Waals surface area contributed by atoms with Gasteiger partial charge in [-0.3, -0.25) is 9.69 Å². The quantitative estimate of drug-likeness (QED) is 0.717. The highest BCUT2D eigenvalue weighted by molar-refractivity contribution is 5.95. The van der Waals surface area contributed by atoms with Crippen LogP contribution < -0.4 is 15.0 Å². The van der Waals surface area contributed by atoms with Crippen molar-refractivity contribution in [2.45, 2.75) is 0 Å². The molecule has 0 atom stereocenters. The summed E-state index contributed by atoms with van der Waals surface area (Å²) in [6.07, 6.45) is 0. The molecule has 0 unspecified atom stereocenters. The molecule has 0 aromatic heterocycles. The Morgan fingerprint density at radius 1 is 1.40 bits per heavy atom. The van der Waals surface area contributed by atoms with Gasteiger partial charge in [0.25, 0.3) is 5.91 Å². The Labute approximate surface area is 88.8 Å². The second-order valence-corrected chi connectivity index (χ2v) is 3.50. The van der Waals surface area contributed by atoms with E-state index in [0.717, 1.165) is 24.5 Å². The minimum absolute atomic E-state index is 0.144. The van der Waals surface area contributed by atoms with E-state index in [0.29, 0.717) is 6.54 Å². The number of nitrogens with two attached hydrogens (primary N) is 1. The number of hydrogen-bond acceptors (Lipinski definition) is 2. The van der Waals surface area contributed by atoms with Crippen LogP contribution in [0.25, 0.3) is 0 Å². The molecular weight excluding hydrogens is 192 g/mol. The van der Waals surface area contributed by atoms with E-state index in [9.17, 15) is 4.79 Å². The predicted octanol–water partition coefficient (Wildman–Crippen LogP) is -0.395. The number of hydrogen-bond donors (Lipinski definition) is 1. The molecule has 1 heterocycles. The smallest absolute Gasteiger partial charge is 0.282 e. The normalized spacial score (nSPS) is 16.6. The van der Waals surface area contributed by atoms with E-state index in [2.05, 4.69) is 0 Å². The van der Waals surface area contributed by atoms with E-state index < -0.39 is 0 Å². The van der Waals surface area contributed by atoms with Gasteiger partial charge in [0, 0.05) is 0 Å². The maximum Gasteiger partial charge on any atom is 0.282 e. The van der Waals surface area contributed by atoms with Crippen LogP contribution in [0.15, 0.2) is 24.3 Å². The molecule has 1 aliphatic rings. The van der Waals surface area contributed by atoms with Gasteiger partial charge in [0.05, 0.1) is 25.9 Å². The van der Waals surface area contributed by atoms with Crippen LogP contribution >= 0.6 is 0 Å². The van der Waals surface area contributed by atoms with Gasteiger partial charge in [-0.2, -0.15) is 0 Å². The maximum absolute atomic E-state index is 11.7. The number of anilines is 1. The van der Waals surface area contributed by atoms with Crippen LogP contribution in [0.3, 0.4) is 0 Å². The van der Waals surface area contributed by atoms with Gasteiger partial charge in [-0.1, -0.05) is 12.1 Å². The number of ether oxygens (including phenoxy) is 1. The summed E-state index contributed by atoms with van der Waals surface area (Å²) >= 11 is 0. The number of amides is 1. The van der Waals surface area contributed by atoms with Crippen molar-refractivity contribution < 1.29 is 14.8 Å². The highest BCUT2D eigenvalue weighted by Crippen LogP contribution is 2.27. The van der Waals surface area contributed by atoms with Crippen molar-refractivity contribution in [1.82, 2.24) is 0 Å². The number of para-hydroxylation sites is 2. The molecule has 2 rings (SSSR count). The topological polar surface area (TPSA) is 46.1 Å². The molecule has 0 aliphatic carbocycles. The second kappa shape index (κ2) is 4.31. The van der Waals surface area contributed by atoms with Gasteiger partial charge in [-0.05, 0) is 12.1 Å². The Morgan fingerprint density at radius 2 is 2.20 bits per heavy atom. The van der Waals surface area contributed by atoms with Gasteiger partial charge in [-0.15, -0.1) is 0 Å². The highest BCUT2D eigenvalue weighted by Gasteiger charge is 2.23. The number of quaternary nitrogens is 1. The number of nitrogens with zero attached hydrogens (tertiary/aromatic N) is 1. The number of methoxy groups -OCH3 is 1. The van der Waals surface area contributed by atoms with Crippen LogP contribution in [0.2, 0.25) is 0 Å². The van der Waals surface area contributed by atoms with Gasteiger partial charge in [0.15, 0.2) is 6.54 Å². The molecule has 1 saturated heterocycles. The zero-order valence-corrected chi connectivity index (χ0v) is 8.77. The Kier molecular flexibility index (Phi) is 2.87. The molecule has 2 N–H and O–H groups in total. The van der Waals surface area contributed by atoms with E-state index in [1.807, 2.05) is 29.6 Å². The molecule has 1 aliphatic heterocycles. The van der Waals surface area contributed by atoms with Crippen LogP contribution in [-0.2, 0) is 4.79 Å². The molecule has 0 spiro atoms. The third kappa shape index (κ3) is 1.94. The first-order valence-corrected chi connectivity index (χ1v) is 5.08. The summed E-state index contributed by atoms with van der Waals surface area (Å²) in [4.78, 5) is 13.5. The number of carbonyl (C=O) groups is 1. The Balaban J connectivity index is 2.30. The largest absolute Gasteiger partial charge is 0.495 e. The lowest BCUT2D eigenvalue weighted by Gasteiger charge is -2.26. The standard InChI is InChI=1S/C11H14N2O2/c1-15-10-5-3-2-4-9(10)13-7-6-12-8-11(13)14/h2-5,12H,6-8H2,1H3/p+1. The SMILES string of the molecule is COc1ccccc1N1CC[NH2+]CC1=O. The van der Waals surface area contributed by atoms with Crippen LogP contribution in [-0.4, -0.2) is 32.7 Å². The lowest BCUT2D eigenvalue weighted by molar-refractivity contribution is -0.645. The Bertz CT molecular complexity index is 365. The average Bonchev–Trinajstić information content (AvgIpc) is 2.30. The lowest BCUT2D eigenvalue weighted by atomic mass is 10.2. The molecule has 1 aromatic carbocycles. The summed E-state index contributed by atoms with van der Waals surface area (Å²) < 4.78 is 5.24.